The molecule has 2 N–H and O–H groups in total. The molecule has 2 unspecified atom stereocenters. The minimum Gasteiger partial charge on any atom is -0.346 e. The van der Waals surface area contributed by atoms with Crippen molar-refractivity contribution in [3.05, 3.63) is 0 Å². The van der Waals surface area contributed by atoms with Crippen LogP contribution >= 0.6 is 0 Å². The zero-order valence-corrected chi connectivity index (χ0v) is 21.9. The molecule has 7 heteroatoms. The van der Waals surface area contributed by atoms with Crippen LogP contribution in [0, 0.1) is 5.41 Å². The second-order valence-corrected chi connectivity index (χ2v) is 10.8. The molecule has 0 spiro atoms. The molecule has 0 heterocycles. The Kier molecular flexibility index (Phi) is 15.2. The first kappa shape index (κ1) is 32.3. The number of rotatable bonds is 12. The van der Waals surface area contributed by atoms with Crippen molar-refractivity contribution in [1.82, 2.24) is 10.6 Å². The van der Waals surface area contributed by atoms with E-state index >= 15 is 0 Å². The van der Waals surface area contributed by atoms with Crippen LogP contribution in [-0.4, -0.2) is 46.7 Å². The molecule has 0 aliphatic heterocycles. The predicted molar refractivity (Wildman–Crippen MR) is 128 cm³/mol. The average Bonchev–Trinajstić information content (AvgIpc) is 2.58. The zero-order chi connectivity index (χ0) is 25.7. The Morgan fingerprint density at radius 2 is 1.06 bits per heavy atom. The molecule has 0 saturated carbocycles. The molecular formula is C25H46N2O5. The van der Waals surface area contributed by atoms with E-state index in [0.717, 1.165) is 6.42 Å². The second kappa shape index (κ2) is 15.0. The molecule has 0 aromatic heterocycles. The molecule has 0 bridgehead atoms. The highest BCUT2D eigenvalue weighted by Gasteiger charge is 2.21. The largest absolute Gasteiger partial charge is 0.346 e. The van der Waals surface area contributed by atoms with Gasteiger partial charge in [0, 0.05) is 24.8 Å². The van der Waals surface area contributed by atoms with Gasteiger partial charge < -0.3 is 20.2 Å². The number of nitrogens with one attached hydrogen (secondary N) is 2. The van der Waals surface area contributed by atoms with Gasteiger partial charge in [-0.15, -0.1) is 0 Å². The van der Waals surface area contributed by atoms with E-state index in [0.29, 0.717) is 32.1 Å². The lowest BCUT2D eigenvalue weighted by Crippen LogP contribution is -2.47. The van der Waals surface area contributed by atoms with Crippen molar-refractivity contribution in [2.45, 2.75) is 125 Å². The van der Waals surface area contributed by atoms with E-state index in [1.165, 1.54) is 13.8 Å². The number of carbonyl (C=O) groups excluding carboxylic acids is 5. The topological polar surface area (TPSA) is 109 Å². The van der Waals surface area contributed by atoms with Crippen molar-refractivity contribution in [2.75, 3.05) is 0 Å². The van der Waals surface area contributed by atoms with Gasteiger partial charge in [-0.3, -0.25) is 14.4 Å². The number of hydrogen-bond acceptors (Lipinski definition) is 6. The Morgan fingerprint density at radius 1 is 0.656 bits per heavy atom. The molecule has 32 heavy (non-hydrogen) atoms. The third-order valence-corrected chi connectivity index (χ3v) is 4.60. The monoisotopic (exact) mass is 454 g/mol. The summed E-state index contributed by atoms with van der Waals surface area (Å²) in [4.78, 5) is 56.0. The summed E-state index contributed by atoms with van der Waals surface area (Å²) in [5.74, 6) is 0.0485. The molecular weight excluding hydrogens is 408 g/mol. The molecule has 2 atom stereocenters. The van der Waals surface area contributed by atoms with E-state index in [2.05, 4.69) is 31.4 Å². The first-order valence-electron chi connectivity index (χ1n) is 11.4. The Bertz CT molecular complexity index is 642. The van der Waals surface area contributed by atoms with E-state index in [1.807, 2.05) is 20.8 Å². The Morgan fingerprint density at radius 3 is 1.38 bits per heavy atom. The van der Waals surface area contributed by atoms with Crippen molar-refractivity contribution < 1.29 is 24.0 Å². The van der Waals surface area contributed by atoms with E-state index in [1.54, 1.807) is 13.8 Å². The van der Waals surface area contributed by atoms with Crippen LogP contribution in [0.25, 0.3) is 0 Å². The molecule has 0 aliphatic carbocycles. The summed E-state index contributed by atoms with van der Waals surface area (Å²) in [6.45, 7) is 18.3. The molecule has 1 amide bonds. The smallest absolute Gasteiger partial charge is 0.220 e. The highest BCUT2D eigenvalue weighted by Crippen LogP contribution is 2.20. The second-order valence-electron chi connectivity index (χ2n) is 10.8. The van der Waals surface area contributed by atoms with Gasteiger partial charge in [-0.25, -0.2) is 0 Å². The van der Waals surface area contributed by atoms with E-state index in [4.69, 9.17) is 0 Å². The van der Waals surface area contributed by atoms with E-state index in [9.17, 15) is 24.0 Å². The van der Waals surface area contributed by atoms with Gasteiger partial charge in [0.25, 0.3) is 0 Å². The van der Waals surface area contributed by atoms with Crippen LogP contribution in [0.2, 0.25) is 0 Å². The van der Waals surface area contributed by atoms with Crippen molar-refractivity contribution in [1.29, 1.82) is 0 Å². The van der Waals surface area contributed by atoms with Gasteiger partial charge in [0.05, 0.1) is 12.1 Å². The molecule has 0 aromatic carbocycles. The fourth-order valence-electron chi connectivity index (χ4n) is 2.73. The summed E-state index contributed by atoms with van der Waals surface area (Å²) in [5.41, 5.74) is 0.00949. The maximum Gasteiger partial charge on any atom is 0.220 e. The van der Waals surface area contributed by atoms with Gasteiger partial charge in [-0.1, -0.05) is 20.8 Å². The number of carbonyl (C=O) groups is 5. The van der Waals surface area contributed by atoms with Crippen molar-refractivity contribution in [3.63, 3.8) is 0 Å². The van der Waals surface area contributed by atoms with Crippen LogP contribution in [0.5, 0.6) is 0 Å². The van der Waals surface area contributed by atoms with Crippen LogP contribution in [0.4, 0.5) is 0 Å². The van der Waals surface area contributed by atoms with Gasteiger partial charge in [0.2, 0.25) is 5.91 Å². The molecule has 0 rings (SSSR count). The standard InChI is InChI=1S/C14H25NO3.C11H21NO2/c1-10(16)6-7-12(11(2)17)15-13(18)8-9-14(3,4)5;1-8(13)6-7-10(9(2)14)12-11(3,4)5/h12H,6-9H2,1-5H3,(H,15,18);10,12H,6-7H2,1-5H3. The van der Waals surface area contributed by atoms with Crippen molar-refractivity contribution in [2.24, 2.45) is 5.41 Å². The van der Waals surface area contributed by atoms with Crippen LogP contribution in [-0.2, 0) is 24.0 Å². The highest BCUT2D eigenvalue weighted by molar-refractivity contribution is 5.88. The minimum absolute atomic E-state index is 0.0326. The first-order chi connectivity index (χ1) is 14.3. The Balaban J connectivity index is 0. The summed E-state index contributed by atoms with van der Waals surface area (Å²) in [5, 5.41) is 5.91. The minimum atomic E-state index is -0.527. The maximum absolute atomic E-state index is 11.7. The molecule has 7 nitrogen and oxygen atoms in total. The normalized spacial score (nSPS) is 13.3. The molecule has 186 valence electrons. The summed E-state index contributed by atoms with van der Waals surface area (Å²) in [6.07, 6.45) is 2.97. The van der Waals surface area contributed by atoms with Gasteiger partial charge in [0.1, 0.15) is 17.3 Å². The summed E-state index contributed by atoms with van der Waals surface area (Å²) in [6, 6.07) is -0.722. The molecule has 0 radical (unpaired) electrons. The van der Waals surface area contributed by atoms with E-state index < -0.39 is 6.04 Å². The number of amides is 1. The third-order valence-electron chi connectivity index (χ3n) is 4.60. The first-order valence-corrected chi connectivity index (χ1v) is 11.4. The van der Waals surface area contributed by atoms with Gasteiger partial charge >= 0.3 is 0 Å². The zero-order valence-electron chi connectivity index (χ0n) is 21.9. The Labute approximate surface area is 194 Å². The van der Waals surface area contributed by atoms with Crippen LogP contribution in [0.15, 0.2) is 0 Å². The fourth-order valence-corrected chi connectivity index (χ4v) is 2.73. The SMILES string of the molecule is CC(=O)CCC(NC(=O)CCC(C)(C)C)C(C)=O.CC(=O)CCC(NC(C)(C)C)C(C)=O. The average molecular weight is 455 g/mol. The lowest BCUT2D eigenvalue weighted by Gasteiger charge is -2.26. The summed E-state index contributed by atoms with van der Waals surface area (Å²) in [7, 11) is 0. The number of Topliss-reactive ketones (excluding diaryl/α,β-unsaturated/α-hetero) is 4. The Hall–Kier alpha value is -1.89. The summed E-state index contributed by atoms with van der Waals surface area (Å²) < 4.78 is 0. The molecule has 0 saturated heterocycles. The third kappa shape index (κ3) is 21.3. The fraction of sp³-hybridized carbons (Fsp3) is 0.800. The number of hydrogen-bond donors (Lipinski definition) is 2. The lowest BCUT2D eigenvalue weighted by molar-refractivity contribution is -0.127. The van der Waals surface area contributed by atoms with Crippen LogP contribution in [0.3, 0.4) is 0 Å². The van der Waals surface area contributed by atoms with Crippen LogP contribution in [0.1, 0.15) is 108 Å². The van der Waals surface area contributed by atoms with Crippen LogP contribution < -0.4 is 10.6 Å². The highest BCUT2D eigenvalue weighted by atomic mass is 16.2. The lowest BCUT2D eigenvalue weighted by atomic mass is 9.90. The van der Waals surface area contributed by atoms with Gasteiger partial charge in [-0.2, -0.15) is 0 Å². The molecule has 0 fully saturated rings. The van der Waals surface area contributed by atoms with Gasteiger partial charge in [0.15, 0.2) is 5.78 Å². The van der Waals surface area contributed by atoms with Gasteiger partial charge in [-0.05, 0) is 73.1 Å². The number of ketones is 4. The van der Waals surface area contributed by atoms with E-state index in [-0.39, 0.29) is 46.0 Å². The maximum atomic E-state index is 11.7. The predicted octanol–water partition coefficient (Wildman–Crippen LogP) is 3.96. The molecule has 0 aliphatic rings. The molecule has 0 aromatic rings. The summed E-state index contributed by atoms with van der Waals surface area (Å²) >= 11 is 0. The van der Waals surface area contributed by atoms with Crippen molar-refractivity contribution >= 4 is 29.0 Å². The quantitative estimate of drug-likeness (QED) is 0.462. The van der Waals surface area contributed by atoms with Crippen molar-refractivity contribution in [3.8, 4) is 0 Å².